The molecule has 2 aromatic heterocycles. The lowest BCUT2D eigenvalue weighted by Gasteiger charge is -2.07. The molecular weight excluding hydrogens is 328 g/mol. The van der Waals surface area contributed by atoms with Crippen molar-refractivity contribution < 1.29 is 19.3 Å². The summed E-state index contributed by atoms with van der Waals surface area (Å²) in [7, 11) is 4.50. The number of nitrogens with two attached hydrogens (primary N) is 3. The number of anilines is 4. The molecule has 2 aromatic rings. The first-order chi connectivity index (χ1) is 12.0. The van der Waals surface area contributed by atoms with Crippen molar-refractivity contribution in [3.8, 4) is 17.6 Å². The highest BCUT2D eigenvalue weighted by molar-refractivity contribution is 5.62. The lowest BCUT2D eigenvalue weighted by atomic mass is 10.3. The first kappa shape index (κ1) is 19.9. The molecule has 0 aliphatic rings. The quantitative estimate of drug-likeness (QED) is 0.489. The van der Waals surface area contributed by atoms with Crippen LogP contribution in [0.2, 0.25) is 0 Å². The van der Waals surface area contributed by atoms with Crippen LogP contribution in [0.1, 0.15) is 0 Å². The Hall–Kier alpha value is -3.14. The van der Waals surface area contributed by atoms with E-state index in [-0.39, 0.29) is 6.61 Å². The first-order valence-electron chi connectivity index (χ1n) is 7.26. The smallest absolute Gasteiger partial charge is 0.240 e. The Kier molecular flexibility index (Phi) is 7.87. The van der Waals surface area contributed by atoms with Gasteiger partial charge in [0.1, 0.15) is 0 Å². The third-order valence-corrected chi connectivity index (χ3v) is 2.91. The van der Waals surface area contributed by atoms with Gasteiger partial charge < -0.3 is 41.8 Å². The highest BCUT2D eigenvalue weighted by Crippen LogP contribution is 2.27. The molecule has 0 amide bonds. The molecule has 0 fully saturated rings. The maximum Gasteiger partial charge on any atom is 0.240 e. The summed E-state index contributed by atoms with van der Waals surface area (Å²) < 4.78 is 14.7. The normalized spacial score (nSPS) is 9.60. The number of nitrogens with one attached hydrogen (secondary N) is 1. The number of hydrogen-bond donors (Lipinski definition) is 5. The van der Waals surface area contributed by atoms with E-state index in [1.54, 1.807) is 18.2 Å². The van der Waals surface area contributed by atoms with Crippen LogP contribution in [0.15, 0.2) is 18.2 Å². The number of nitrogens with zero attached hydrogens (tertiary/aromatic N) is 2. The Morgan fingerprint density at radius 1 is 0.920 bits per heavy atom. The van der Waals surface area contributed by atoms with Crippen molar-refractivity contribution in [1.29, 1.82) is 0 Å². The summed E-state index contributed by atoms with van der Waals surface area (Å²) in [6.45, 7) is 0.461. The molecule has 2 rings (SSSR count). The minimum Gasteiger partial charge on any atom is -0.481 e. The minimum absolute atomic E-state index is 0.0400. The number of hydrogen-bond acceptors (Lipinski definition) is 10. The summed E-state index contributed by atoms with van der Waals surface area (Å²) in [6, 6.07) is 4.93. The van der Waals surface area contributed by atoms with Crippen molar-refractivity contribution >= 4 is 22.9 Å². The maximum atomic E-state index is 8.58. The molecule has 25 heavy (non-hydrogen) atoms. The first-order valence-corrected chi connectivity index (χ1v) is 7.26. The molecule has 0 aliphatic heterocycles. The SMILES string of the molecule is COc1ccc(N)c(NCCO)n1.COc1nc(OC)c(N)cc1N. The maximum absolute atomic E-state index is 8.58. The van der Waals surface area contributed by atoms with Crippen LogP contribution in [0, 0.1) is 0 Å². The highest BCUT2D eigenvalue weighted by Gasteiger charge is 2.07. The molecule has 10 nitrogen and oxygen atoms in total. The number of aliphatic hydroxyl groups excluding tert-OH is 1. The van der Waals surface area contributed by atoms with Crippen molar-refractivity contribution in [2.45, 2.75) is 0 Å². The van der Waals surface area contributed by atoms with E-state index < -0.39 is 0 Å². The van der Waals surface area contributed by atoms with Gasteiger partial charge in [0, 0.05) is 12.6 Å². The van der Waals surface area contributed by atoms with Crippen LogP contribution in [0.4, 0.5) is 22.9 Å². The van der Waals surface area contributed by atoms with Gasteiger partial charge in [-0.2, -0.15) is 9.97 Å². The van der Waals surface area contributed by atoms with Crippen LogP contribution < -0.4 is 36.7 Å². The molecule has 0 unspecified atom stereocenters. The number of ether oxygens (including phenoxy) is 3. The minimum atomic E-state index is 0.0400. The Morgan fingerprint density at radius 3 is 2.00 bits per heavy atom. The van der Waals surface area contributed by atoms with Crippen LogP contribution in [0.25, 0.3) is 0 Å². The van der Waals surface area contributed by atoms with E-state index in [0.29, 0.717) is 47.1 Å². The van der Waals surface area contributed by atoms with E-state index in [1.165, 1.54) is 21.3 Å². The summed E-state index contributed by atoms with van der Waals surface area (Å²) >= 11 is 0. The van der Waals surface area contributed by atoms with Crippen LogP contribution in [-0.2, 0) is 0 Å². The Labute approximate surface area is 145 Å². The second-order valence-corrected chi connectivity index (χ2v) is 4.63. The Balaban J connectivity index is 0.000000251. The Morgan fingerprint density at radius 2 is 1.52 bits per heavy atom. The third-order valence-electron chi connectivity index (χ3n) is 2.91. The molecule has 0 atom stereocenters. The molecule has 0 saturated heterocycles. The molecule has 0 spiro atoms. The van der Waals surface area contributed by atoms with Gasteiger partial charge in [-0.25, -0.2) is 0 Å². The summed E-state index contributed by atoms with van der Waals surface area (Å²) in [5.41, 5.74) is 18.0. The molecule has 0 aromatic carbocycles. The van der Waals surface area contributed by atoms with E-state index in [2.05, 4.69) is 15.3 Å². The zero-order chi connectivity index (χ0) is 18.8. The fourth-order valence-electron chi connectivity index (χ4n) is 1.72. The summed E-state index contributed by atoms with van der Waals surface area (Å²) in [5, 5.41) is 11.5. The monoisotopic (exact) mass is 352 g/mol. The number of rotatable bonds is 6. The molecule has 8 N–H and O–H groups in total. The van der Waals surface area contributed by atoms with Gasteiger partial charge in [-0.1, -0.05) is 0 Å². The van der Waals surface area contributed by atoms with Crippen LogP contribution >= 0.6 is 0 Å². The second-order valence-electron chi connectivity index (χ2n) is 4.63. The lowest BCUT2D eigenvalue weighted by Crippen LogP contribution is -2.09. The standard InChI is InChI=1S/C8H13N3O2.C7H11N3O2/c1-13-7-3-2-6(9)8(11-7)10-4-5-12;1-11-6-4(8)3-5(9)7(10-6)12-2/h2-3,12H,4-5,9H2,1H3,(H,10,11);3H,8-9H2,1-2H3. The molecule has 0 bridgehead atoms. The number of aromatic nitrogens is 2. The van der Waals surface area contributed by atoms with Gasteiger partial charge in [-0.3, -0.25) is 0 Å². The van der Waals surface area contributed by atoms with Gasteiger partial charge in [0.25, 0.3) is 0 Å². The fraction of sp³-hybridized carbons (Fsp3) is 0.333. The fourth-order valence-corrected chi connectivity index (χ4v) is 1.72. The topological polar surface area (TPSA) is 164 Å². The van der Waals surface area contributed by atoms with Crippen molar-refractivity contribution in [1.82, 2.24) is 9.97 Å². The van der Waals surface area contributed by atoms with Crippen molar-refractivity contribution in [3.63, 3.8) is 0 Å². The van der Waals surface area contributed by atoms with E-state index in [0.717, 1.165) is 0 Å². The van der Waals surface area contributed by atoms with E-state index >= 15 is 0 Å². The van der Waals surface area contributed by atoms with Crippen LogP contribution in [0.3, 0.4) is 0 Å². The van der Waals surface area contributed by atoms with E-state index in [1.807, 2.05) is 0 Å². The van der Waals surface area contributed by atoms with Gasteiger partial charge in [-0.05, 0) is 12.1 Å². The van der Waals surface area contributed by atoms with Gasteiger partial charge >= 0.3 is 0 Å². The molecule has 0 saturated carbocycles. The van der Waals surface area contributed by atoms with Gasteiger partial charge in [-0.15, -0.1) is 0 Å². The molecule has 138 valence electrons. The van der Waals surface area contributed by atoms with Crippen molar-refractivity contribution in [3.05, 3.63) is 18.2 Å². The van der Waals surface area contributed by atoms with Crippen molar-refractivity contribution in [2.75, 3.05) is 57.0 Å². The van der Waals surface area contributed by atoms with E-state index in [9.17, 15) is 0 Å². The third kappa shape index (κ3) is 5.77. The Bertz CT molecular complexity index is 658. The second kappa shape index (κ2) is 9.88. The zero-order valence-electron chi connectivity index (χ0n) is 14.4. The summed E-state index contributed by atoms with van der Waals surface area (Å²) in [5.74, 6) is 1.67. The molecular formula is C15H24N6O4. The van der Waals surface area contributed by atoms with E-state index in [4.69, 9.17) is 36.5 Å². The highest BCUT2D eigenvalue weighted by atomic mass is 16.5. The largest absolute Gasteiger partial charge is 0.481 e. The summed E-state index contributed by atoms with van der Waals surface area (Å²) in [4.78, 5) is 7.97. The molecule has 0 aliphatic carbocycles. The lowest BCUT2D eigenvalue weighted by molar-refractivity contribution is 0.311. The van der Waals surface area contributed by atoms with Gasteiger partial charge in [0.05, 0.1) is 45.0 Å². The van der Waals surface area contributed by atoms with Crippen LogP contribution in [-0.4, -0.2) is 49.6 Å². The van der Waals surface area contributed by atoms with Gasteiger partial charge in [0.15, 0.2) is 5.82 Å². The molecule has 10 heteroatoms. The number of nitrogen functional groups attached to an aromatic ring is 3. The average molecular weight is 352 g/mol. The zero-order valence-corrected chi connectivity index (χ0v) is 14.4. The average Bonchev–Trinajstić information content (AvgIpc) is 2.62. The van der Waals surface area contributed by atoms with Crippen LogP contribution in [0.5, 0.6) is 17.6 Å². The van der Waals surface area contributed by atoms with Gasteiger partial charge in [0.2, 0.25) is 17.6 Å². The van der Waals surface area contributed by atoms with Crippen molar-refractivity contribution in [2.24, 2.45) is 0 Å². The molecule has 2 heterocycles. The number of pyridine rings is 2. The summed E-state index contributed by atoms with van der Waals surface area (Å²) in [6.07, 6.45) is 0. The number of methoxy groups -OCH3 is 3. The number of aliphatic hydroxyl groups is 1. The predicted molar refractivity (Wildman–Crippen MR) is 96.9 cm³/mol. The molecule has 0 radical (unpaired) electrons. The predicted octanol–water partition coefficient (Wildman–Crippen LogP) is 0.340.